The van der Waals surface area contributed by atoms with E-state index in [2.05, 4.69) is 10.2 Å². The third kappa shape index (κ3) is 4.28. The lowest BCUT2D eigenvalue weighted by atomic mass is 10.2. The number of nitrogens with zero attached hydrogens (tertiary/aromatic N) is 2. The molecule has 138 valence electrons. The van der Waals surface area contributed by atoms with Gasteiger partial charge in [-0.25, -0.2) is 17.5 Å². The second kappa shape index (κ2) is 7.16. The number of nitrogens with one attached hydrogen (secondary N) is 1. The molecule has 1 N–H and O–H groups in total. The maximum Gasteiger partial charge on any atom is 0.285 e. The van der Waals surface area contributed by atoms with Crippen molar-refractivity contribution in [3.8, 4) is 5.75 Å². The molecule has 1 saturated carbocycles. The molecular formula is C16H15ClFN3O4S. The van der Waals surface area contributed by atoms with Crippen LogP contribution in [-0.2, 0) is 15.8 Å². The highest BCUT2D eigenvalue weighted by atomic mass is 35.5. The maximum atomic E-state index is 13.7. The lowest BCUT2D eigenvalue weighted by Crippen LogP contribution is -2.32. The van der Waals surface area contributed by atoms with Crippen LogP contribution in [0.2, 0.25) is 5.02 Å². The second-order valence-corrected chi connectivity index (χ2v) is 8.04. The molecule has 7 nitrogen and oxygen atoms in total. The minimum Gasteiger partial charge on any atom is -0.495 e. The maximum absolute atomic E-state index is 13.7. The van der Waals surface area contributed by atoms with Crippen molar-refractivity contribution in [3.05, 3.63) is 52.1 Å². The molecule has 0 unspecified atom stereocenters. The Balaban J connectivity index is 1.77. The Hall–Kier alpha value is -2.26. The number of hydrogen-bond acceptors (Lipinski definition) is 6. The first-order chi connectivity index (χ1) is 12.3. The number of methoxy groups -OCH3 is 1. The number of halogens is 2. The fraction of sp³-hybridized carbons (Fsp3) is 0.312. The van der Waals surface area contributed by atoms with Crippen molar-refractivity contribution >= 4 is 27.5 Å². The number of benzene rings is 1. The van der Waals surface area contributed by atoms with Crippen LogP contribution in [0.5, 0.6) is 5.75 Å². The molecule has 0 aliphatic heterocycles. The lowest BCUT2D eigenvalue weighted by Gasteiger charge is -2.10. The average Bonchev–Trinajstić information content (AvgIpc) is 3.41. The van der Waals surface area contributed by atoms with Crippen LogP contribution in [0.25, 0.3) is 0 Å². The van der Waals surface area contributed by atoms with Gasteiger partial charge in [0.1, 0.15) is 17.3 Å². The van der Waals surface area contributed by atoms with Crippen molar-refractivity contribution in [2.75, 3.05) is 7.11 Å². The van der Waals surface area contributed by atoms with Gasteiger partial charge in [-0.15, -0.1) is 5.10 Å². The summed E-state index contributed by atoms with van der Waals surface area (Å²) in [5, 5.41) is 7.92. The summed E-state index contributed by atoms with van der Waals surface area (Å²) in [4.78, 5) is 12.2. The van der Waals surface area contributed by atoms with Gasteiger partial charge < -0.3 is 4.74 Å². The predicted molar refractivity (Wildman–Crippen MR) is 92.1 cm³/mol. The van der Waals surface area contributed by atoms with Gasteiger partial charge in [-0.05, 0) is 31.0 Å². The number of aromatic nitrogens is 2. The number of amides is 1. The van der Waals surface area contributed by atoms with E-state index in [0.717, 1.165) is 18.9 Å². The van der Waals surface area contributed by atoms with Crippen LogP contribution in [0, 0.1) is 5.82 Å². The fourth-order valence-electron chi connectivity index (χ4n) is 2.39. The molecule has 1 aliphatic rings. The molecule has 1 aromatic heterocycles. The van der Waals surface area contributed by atoms with Gasteiger partial charge in [0.15, 0.2) is 5.69 Å². The molecule has 26 heavy (non-hydrogen) atoms. The molecule has 0 spiro atoms. The zero-order valence-electron chi connectivity index (χ0n) is 13.7. The third-order valence-corrected chi connectivity index (χ3v) is 5.23. The van der Waals surface area contributed by atoms with Crippen molar-refractivity contribution in [2.45, 2.75) is 24.5 Å². The molecule has 0 bridgehead atoms. The zero-order valence-corrected chi connectivity index (χ0v) is 15.3. The van der Waals surface area contributed by atoms with E-state index < -0.39 is 27.5 Å². The molecule has 0 saturated heterocycles. The SMILES string of the molecule is COc1cc(C(=O)NS(=O)(=O)Cc2cc(Cl)ccc2F)nnc1C1CC1. The number of carbonyl (C=O) groups is 1. The molecule has 1 amide bonds. The van der Waals surface area contributed by atoms with Crippen LogP contribution in [0.3, 0.4) is 0 Å². The topological polar surface area (TPSA) is 98.2 Å². The first-order valence-corrected chi connectivity index (χ1v) is 9.72. The molecule has 1 heterocycles. The van der Waals surface area contributed by atoms with Gasteiger partial charge in [0.05, 0.1) is 12.9 Å². The molecule has 2 aromatic rings. The highest BCUT2D eigenvalue weighted by Crippen LogP contribution is 2.42. The van der Waals surface area contributed by atoms with Crippen LogP contribution >= 0.6 is 11.6 Å². The molecular weight excluding hydrogens is 385 g/mol. The molecule has 10 heteroatoms. The van der Waals surface area contributed by atoms with E-state index in [9.17, 15) is 17.6 Å². The summed E-state index contributed by atoms with van der Waals surface area (Å²) in [5.74, 6) is -1.81. The summed E-state index contributed by atoms with van der Waals surface area (Å²) in [6.07, 6.45) is 1.94. The Bertz CT molecular complexity index is 964. The van der Waals surface area contributed by atoms with Crippen molar-refractivity contribution in [1.29, 1.82) is 0 Å². The first-order valence-electron chi connectivity index (χ1n) is 7.69. The van der Waals surface area contributed by atoms with E-state index in [1.165, 1.54) is 25.3 Å². The highest BCUT2D eigenvalue weighted by Gasteiger charge is 2.30. The van der Waals surface area contributed by atoms with Crippen LogP contribution in [-0.4, -0.2) is 31.6 Å². The summed E-state index contributed by atoms with van der Waals surface area (Å²) in [7, 11) is -2.73. The molecule has 1 aliphatic carbocycles. The van der Waals surface area contributed by atoms with E-state index in [1.54, 1.807) is 0 Å². The second-order valence-electron chi connectivity index (χ2n) is 5.88. The Kier molecular flexibility index (Phi) is 5.10. The van der Waals surface area contributed by atoms with Crippen LogP contribution in [0.1, 0.15) is 40.5 Å². The smallest absolute Gasteiger partial charge is 0.285 e. The van der Waals surface area contributed by atoms with Gasteiger partial charge in [-0.1, -0.05) is 11.6 Å². The van der Waals surface area contributed by atoms with Gasteiger partial charge in [0.2, 0.25) is 10.0 Å². The molecule has 0 radical (unpaired) electrons. The van der Waals surface area contributed by atoms with E-state index in [0.29, 0.717) is 11.4 Å². The normalized spacial score (nSPS) is 14.1. The van der Waals surface area contributed by atoms with Crippen molar-refractivity contribution < 1.29 is 22.3 Å². The third-order valence-electron chi connectivity index (χ3n) is 3.80. The Morgan fingerprint density at radius 2 is 2.08 bits per heavy atom. The average molecular weight is 400 g/mol. The van der Waals surface area contributed by atoms with Crippen LogP contribution in [0.15, 0.2) is 24.3 Å². The number of rotatable bonds is 6. The number of carbonyl (C=O) groups excluding carboxylic acids is 1. The van der Waals surface area contributed by atoms with Gasteiger partial charge >= 0.3 is 0 Å². The quantitative estimate of drug-likeness (QED) is 0.801. The molecule has 1 fully saturated rings. The van der Waals surface area contributed by atoms with Crippen molar-refractivity contribution in [1.82, 2.24) is 14.9 Å². The van der Waals surface area contributed by atoms with E-state index in [-0.39, 0.29) is 22.2 Å². The number of sulfonamides is 1. The van der Waals surface area contributed by atoms with Gasteiger partial charge in [-0.3, -0.25) is 4.79 Å². The molecule has 1 aromatic carbocycles. The Morgan fingerprint density at radius 1 is 1.35 bits per heavy atom. The summed E-state index contributed by atoms with van der Waals surface area (Å²) < 4.78 is 45.1. The number of hydrogen-bond donors (Lipinski definition) is 1. The van der Waals surface area contributed by atoms with E-state index >= 15 is 0 Å². The number of ether oxygens (including phenoxy) is 1. The Morgan fingerprint density at radius 3 is 2.73 bits per heavy atom. The van der Waals surface area contributed by atoms with Gasteiger partial charge in [-0.2, -0.15) is 5.10 Å². The highest BCUT2D eigenvalue weighted by molar-refractivity contribution is 7.89. The fourth-order valence-corrected chi connectivity index (χ4v) is 3.67. The first kappa shape index (κ1) is 18.5. The van der Waals surface area contributed by atoms with Crippen LogP contribution < -0.4 is 9.46 Å². The largest absolute Gasteiger partial charge is 0.495 e. The standard InChI is InChI=1S/C16H15ClFN3O4S/c1-25-14-7-13(19-20-15(14)9-2-3-9)16(22)21-26(23,24)8-10-6-11(17)4-5-12(10)18/h4-7,9H,2-3,8H2,1H3,(H,21,22). The van der Waals surface area contributed by atoms with E-state index in [4.69, 9.17) is 16.3 Å². The summed E-state index contributed by atoms with van der Waals surface area (Å²) in [6.45, 7) is 0. The summed E-state index contributed by atoms with van der Waals surface area (Å²) >= 11 is 5.75. The van der Waals surface area contributed by atoms with Crippen LogP contribution in [0.4, 0.5) is 4.39 Å². The molecule has 0 atom stereocenters. The minimum atomic E-state index is -4.16. The monoisotopic (exact) mass is 399 g/mol. The zero-order chi connectivity index (χ0) is 18.9. The van der Waals surface area contributed by atoms with Crippen molar-refractivity contribution in [3.63, 3.8) is 0 Å². The van der Waals surface area contributed by atoms with E-state index in [1.807, 2.05) is 4.72 Å². The van der Waals surface area contributed by atoms with Crippen molar-refractivity contribution in [2.24, 2.45) is 0 Å². The van der Waals surface area contributed by atoms with Gasteiger partial charge in [0, 0.05) is 22.6 Å². The lowest BCUT2D eigenvalue weighted by molar-refractivity contribution is 0.0975. The molecule has 3 rings (SSSR count). The summed E-state index contributed by atoms with van der Waals surface area (Å²) in [6, 6.07) is 4.89. The Labute approximate surface area is 154 Å². The van der Waals surface area contributed by atoms with Gasteiger partial charge in [0.25, 0.3) is 5.91 Å². The minimum absolute atomic E-state index is 0.148. The predicted octanol–water partition coefficient (Wildman–Crippen LogP) is 2.41. The summed E-state index contributed by atoms with van der Waals surface area (Å²) in [5.41, 5.74) is 0.292.